The van der Waals surface area contributed by atoms with E-state index in [2.05, 4.69) is 60.6 Å². The number of nitrogens with zero attached hydrogens (tertiary/aromatic N) is 1. The van der Waals surface area contributed by atoms with Crippen molar-refractivity contribution in [3.05, 3.63) is 12.2 Å². The lowest BCUT2D eigenvalue weighted by Crippen LogP contribution is -2.70. The fraction of sp³-hybridized carbons (Fsp3) is 0.806. The fourth-order valence-electron chi connectivity index (χ4n) is 10.6. The van der Waals surface area contributed by atoms with Crippen LogP contribution in [0.15, 0.2) is 12.2 Å². The standard InChI is InChI=1S/C31H43NO4/c1-26(2)12-14-31(25(35)36)15-13-30(7)24(23(31)18(26)17-32)19(33)16-21-28(5)10-9-22(34)27(3,4)20(28)8-11-29(21,30)6/h9-10,18,20-21,23-24H,8,11-16H2,1-7H3,(H,35,36)/t18?,20-,21?,23-,24+,28-,29+,30+,31-/m0/s1. The molecule has 0 radical (unpaired) electrons. The zero-order valence-corrected chi connectivity index (χ0v) is 23.1. The van der Waals surface area contributed by atoms with Crippen molar-refractivity contribution < 1.29 is 19.5 Å². The van der Waals surface area contributed by atoms with E-state index in [0.717, 1.165) is 12.8 Å². The molecule has 0 spiro atoms. The summed E-state index contributed by atoms with van der Waals surface area (Å²) >= 11 is 0. The van der Waals surface area contributed by atoms with Crippen molar-refractivity contribution in [1.29, 1.82) is 5.26 Å². The quantitative estimate of drug-likeness (QED) is 0.467. The Hall–Kier alpha value is -1.96. The lowest BCUT2D eigenvalue weighted by molar-refractivity contribution is -0.231. The summed E-state index contributed by atoms with van der Waals surface area (Å²) in [5.74, 6) is -1.58. The Morgan fingerprint density at radius 2 is 1.58 bits per heavy atom. The van der Waals surface area contributed by atoms with E-state index in [1.807, 2.05) is 0 Å². The van der Waals surface area contributed by atoms with Gasteiger partial charge < -0.3 is 5.11 Å². The molecule has 1 N–H and O–H groups in total. The van der Waals surface area contributed by atoms with Crippen LogP contribution in [0.5, 0.6) is 0 Å². The van der Waals surface area contributed by atoms with Crippen LogP contribution in [-0.2, 0) is 14.4 Å². The number of carboxylic acid groups (broad SMARTS) is 1. The van der Waals surface area contributed by atoms with Crippen LogP contribution in [-0.4, -0.2) is 22.6 Å². The zero-order chi connectivity index (χ0) is 26.7. The summed E-state index contributed by atoms with van der Waals surface area (Å²) in [7, 11) is 0. The van der Waals surface area contributed by atoms with Crippen molar-refractivity contribution in [2.75, 3.05) is 0 Å². The third-order valence-electron chi connectivity index (χ3n) is 13.1. The molecule has 4 saturated carbocycles. The van der Waals surface area contributed by atoms with Gasteiger partial charge in [-0.05, 0) is 78.1 Å². The number of allylic oxidation sites excluding steroid dienone is 2. The number of Topliss-reactive ketones (excluding diaryl/α,β-unsaturated/α-hetero) is 1. The van der Waals surface area contributed by atoms with Crippen LogP contribution in [0.4, 0.5) is 0 Å². The number of carboxylic acids is 1. The van der Waals surface area contributed by atoms with Gasteiger partial charge in [0, 0.05) is 23.7 Å². The molecule has 0 aliphatic heterocycles. The molecule has 5 aliphatic rings. The first-order valence-electron chi connectivity index (χ1n) is 13.9. The number of fused-ring (bicyclic) bond motifs is 7. The Balaban J connectivity index is 1.67. The van der Waals surface area contributed by atoms with Gasteiger partial charge >= 0.3 is 5.97 Å². The van der Waals surface area contributed by atoms with E-state index in [1.54, 1.807) is 6.08 Å². The molecule has 9 atom stereocenters. The largest absolute Gasteiger partial charge is 0.481 e. The highest BCUT2D eigenvalue weighted by Gasteiger charge is 2.74. The normalized spacial score (nSPS) is 50.7. The van der Waals surface area contributed by atoms with Crippen LogP contribution >= 0.6 is 0 Å². The van der Waals surface area contributed by atoms with Gasteiger partial charge in [0.15, 0.2) is 5.78 Å². The number of hydrogen-bond donors (Lipinski definition) is 1. The molecule has 5 nitrogen and oxygen atoms in total. The molecule has 0 aromatic rings. The van der Waals surface area contributed by atoms with E-state index in [4.69, 9.17) is 0 Å². The van der Waals surface area contributed by atoms with Crippen LogP contribution in [0.1, 0.15) is 93.4 Å². The number of aliphatic carboxylic acids is 1. The van der Waals surface area contributed by atoms with E-state index in [9.17, 15) is 24.8 Å². The highest BCUT2D eigenvalue weighted by atomic mass is 16.4. The molecule has 36 heavy (non-hydrogen) atoms. The average molecular weight is 494 g/mol. The van der Waals surface area contributed by atoms with E-state index < -0.39 is 34.6 Å². The summed E-state index contributed by atoms with van der Waals surface area (Å²) in [6.07, 6.45) is 8.58. The summed E-state index contributed by atoms with van der Waals surface area (Å²) < 4.78 is 0. The first kappa shape index (κ1) is 25.7. The van der Waals surface area contributed by atoms with Crippen LogP contribution in [0, 0.1) is 73.4 Å². The van der Waals surface area contributed by atoms with Crippen molar-refractivity contribution in [3.8, 4) is 6.07 Å². The van der Waals surface area contributed by atoms with Crippen molar-refractivity contribution in [1.82, 2.24) is 0 Å². The molecule has 5 rings (SSSR count). The van der Waals surface area contributed by atoms with Crippen LogP contribution < -0.4 is 0 Å². The molecule has 5 heteroatoms. The molecule has 196 valence electrons. The van der Waals surface area contributed by atoms with Crippen LogP contribution in [0.3, 0.4) is 0 Å². The van der Waals surface area contributed by atoms with Gasteiger partial charge in [0.25, 0.3) is 0 Å². The minimum Gasteiger partial charge on any atom is -0.481 e. The predicted octanol–water partition coefficient (Wildman–Crippen LogP) is 6.23. The molecule has 0 aromatic heterocycles. The van der Waals surface area contributed by atoms with Crippen molar-refractivity contribution >= 4 is 17.5 Å². The second-order valence-corrected chi connectivity index (χ2v) is 15.0. The molecule has 0 bridgehead atoms. The van der Waals surface area contributed by atoms with Crippen molar-refractivity contribution in [2.45, 2.75) is 93.4 Å². The molecule has 5 aliphatic carbocycles. The summed E-state index contributed by atoms with van der Waals surface area (Å²) in [5, 5.41) is 21.0. The number of hydrogen-bond acceptors (Lipinski definition) is 4. The maximum Gasteiger partial charge on any atom is 0.309 e. The Bertz CT molecular complexity index is 1110. The number of ketones is 2. The van der Waals surface area contributed by atoms with Gasteiger partial charge in [-0.2, -0.15) is 5.26 Å². The number of carbonyl (C=O) groups is 3. The lowest BCUT2D eigenvalue weighted by atomic mass is 9.31. The van der Waals surface area contributed by atoms with Crippen molar-refractivity contribution in [3.63, 3.8) is 0 Å². The van der Waals surface area contributed by atoms with E-state index >= 15 is 0 Å². The highest BCUT2D eigenvalue weighted by Crippen LogP contribution is 2.76. The number of nitriles is 1. The molecular weight excluding hydrogens is 450 g/mol. The topological polar surface area (TPSA) is 95.2 Å². The smallest absolute Gasteiger partial charge is 0.309 e. The Kier molecular flexibility index (Phi) is 5.23. The predicted molar refractivity (Wildman–Crippen MR) is 136 cm³/mol. The highest BCUT2D eigenvalue weighted by molar-refractivity contribution is 5.96. The molecule has 0 amide bonds. The maximum atomic E-state index is 14.4. The summed E-state index contributed by atoms with van der Waals surface area (Å²) in [6, 6.07) is 2.53. The van der Waals surface area contributed by atoms with Gasteiger partial charge in [0.2, 0.25) is 0 Å². The van der Waals surface area contributed by atoms with E-state index in [-0.39, 0.29) is 45.1 Å². The van der Waals surface area contributed by atoms with E-state index in [0.29, 0.717) is 32.1 Å². The first-order valence-corrected chi connectivity index (χ1v) is 13.9. The summed E-state index contributed by atoms with van der Waals surface area (Å²) in [4.78, 5) is 40.1. The second kappa shape index (κ2) is 7.33. The Labute approximate surface area is 216 Å². The van der Waals surface area contributed by atoms with Gasteiger partial charge in [-0.15, -0.1) is 0 Å². The summed E-state index contributed by atoms with van der Waals surface area (Å²) in [6.45, 7) is 15.1. The van der Waals surface area contributed by atoms with Gasteiger partial charge in [-0.25, -0.2) is 0 Å². The second-order valence-electron chi connectivity index (χ2n) is 15.0. The molecule has 0 saturated heterocycles. The van der Waals surface area contributed by atoms with E-state index in [1.165, 1.54) is 0 Å². The summed E-state index contributed by atoms with van der Waals surface area (Å²) in [5.41, 5.74) is -2.61. The minimum absolute atomic E-state index is 0.0931. The molecule has 0 heterocycles. The van der Waals surface area contributed by atoms with Gasteiger partial charge in [0.05, 0.1) is 17.4 Å². The molecule has 0 aromatic carbocycles. The first-order chi connectivity index (χ1) is 16.5. The SMILES string of the molecule is CC1(C)CC[C@]2(C(=O)O)CC[C@]3(C)[C@H](C(=O)CC4[C@@]5(C)C=CC(=O)C(C)(C)[C@@H]5CC[C@]43C)[C@@H]2C1C#N. The van der Waals surface area contributed by atoms with Crippen LogP contribution in [0.25, 0.3) is 0 Å². The third kappa shape index (κ3) is 2.80. The average Bonchev–Trinajstić information content (AvgIpc) is 2.78. The number of rotatable bonds is 1. The van der Waals surface area contributed by atoms with Gasteiger partial charge in [-0.3, -0.25) is 14.4 Å². The van der Waals surface area contributed by atoms with Crippen molar-refractivity contribution in [2.24, 2.45) is 62.1 Å². The third-order valence-corrected chi connectivity index (χ3v) is 13.1. The van der Waals surface area contributed by atoms with Gasteiger partial charge in [0.1, 0.15) is 5.78 Å². The molecular formula is C31H43NO4. The Morgan fingerprint density at radius 1 is 0.944 bits per heavy atom. The molecule has 4 fully saturated rings. The molecule has 2 unspecified atom stereocenters. The zero-order valence-electron chi connectivity index (χ0n) is 23.1. The number of carbonyl (C=O) groups excluding carboxylic acids is 2. The lowest BCUT2D eigenvalue weighted by Gasteiger charge is -2.71. The Morgan fingerprint density at radius 3 is 2.19 bits per heavy atom. The monoisotopic (exact) mass is 493 g/mol. The van der Waals surface area contributed by atoms with Crippen LogP contribution in [0.2, 0.25) is 0 Å². The fourth-order valence-corrected chi connectivity index (χ4v) is 10.6. The van der Waals surface area contributed by atoms with Gasteiger partial charge in [-0.1, -0.05) is 54.5 Å². The minimum atomic E-state index is -1.00. The maximum absolute atomic E-state index is 14.4.